The van der Waals surface area contributed by atoms with Crippen LogP contribution >= 0.6 is 49.6 Å². The largest absolute Gasteiger partial charge is 0.392 e. The average molecular weight is 464 g/mol. The third-order valence-electron chi connectivity index (χ3n) is 3.53. The van der Waals surface area contributed by atoms with E-state index in [1.807, 2.05) is 0 Å². The second-order valence-corrected chi connectivity index (χ2v) is 5.71. The van der Waals surface area contributed by atoms with Crippen molar-refractivity contribution in [2.24, 2.45) is 0 Å². The van der Waals surface area contributed by atoms with Gasteiger partial charge in [-0.15, -0.1) is 49.6 Å². The van der Waals surface area contributed by atoms with Crippen molar-refractivity contribution in [1.29, 1.82) is 0 Å². The summed E-state index contributed by atoms with van der Waals surface area (Å²) in [7, 11) is 0. The molecule has 0 radical (unpaired) electrons. The van der Waals surface area contributed by atoms with Gasteiger partial charge in [0, 0.05) is 13.1 Å². The van der Waals surface area contributed by atoms with Crippen molar-refractivity contribution in [3.63, 3.8) is 0 Å². The van der Waals surface area contributed by atoms with Crippen LogP contribution in [0.15, 0.2) is 0 Å². The molecular weight excluding hydrogens is 422 g/mol. The van der Waals surface area contributed by atoms with Crippen LogP contribution in [-0.4, -0.2) is 74.8 Å². The molecule has 2 atom stereocenters. The number of nitrogens with one attached hydrogen (secondary N) is 4. The fraction of sp³-hybridized carbons (Fsp3) is 1.00. The third kappa shape index (κ3) is 29.7. The zero-order valence-corrected chi connectivity index (χ0v) is 19.4. The molecule has 0 saturated carbocycles. The third-order valence-corrected chi connectivity index (χ3v) is 3.53. The zero-order chi connectivity index (χ0) is 16.5. The lowest BCUT2D eigenvalue weighted by Gasteiger charge is -2.13. The van der Waals surface area contributed by atoms with Gasteiger partial charge in [-0.05, 0) is 65.0 Å². The minimum Gasteiger partial charge on any atom is -0.392 e. The quantitative estimate of drug-likeness (QED) is 0.182. The Morgan fingerprint density at radius 1 is 0.577 bits per heavy atom. The first-order chi connectivity index (χ1) is 10.7. The molecule has 0 aliphatic rings. The number of rotatable bonds is 17. The maximum absolute atomic E-state index is 9.72. The normalized spacial score (nSPS) is 12.0. The highest BCUT2D eigenvalue weighted by atomic mass is 35.5. The van der Waals surface area contributed by atoms with Gasteiger partial charge in [0.1, 0.15) is 0 Å². The van der Waals surface area contributed by atoms with Gasteiger partial charge in [-0.25, -0.2) is 0 Å². The lowest BCUT2D eigenvalue weighted by molar-refractivity contribution is 0.159. The summed E-state index contributed by atoms with van der Waals surface area (Å²) in [5, 5.41) is 32.4. The minimum absolute atomic E-state index is 0. The van der Waals surface area contributed by atoms with E-state index in [9.17, 15) is 10.2 Å². The molecule has 0 fully saturated rings. The molecule has 0 aliphatic heterocycles. The molecule has 26 heavy (non-hydrogen) atoms. The monoisotopic (exact) mass is 462 g/mol. The molecule has 0 heterocycles. The predicted octanol–water partition coefficient (Wildman–Crippen LogP) is 1.35. The van der Waals surface area contributed by atoms with Gasteiger partial charge in [-0.1, -0.05) is 13.8 Å². The maximum atomic E-state index is 9.72. The SMILES string of the molecule is CCNCC[C@H](O)CNCCCCNC[C@@H](O)CCNCC.Cl.Cl.Cl.Cl. The fourth-order valence-electron chi connectivity index (χ4n) is 2.13. The van der Waals surface area contributed by atoms with Gasteiger partial charge in [0.2, 0.25) is 0 Å². The molecule has 0 unspecified atom stereocenters. The van der Waals surface area contributed by atoms with E-state index in [4.69, 9.17) is 0 Å². The van der Waals surface area contributed by atoms with Crippen molar-refractivity contribution in [2.75, 3.05) is 52.4 Å². The van der Waals surface area contributed by atoms with Crippen molar-refractivity contribution in [2.45, 2.75) is 51.7 Å². The fourth-order valence-corrected chi connectivity index (χ4v) is 2.13. The Balaban J connectivity index is -0.000000367. The number of aliphatic hydroxyl groups is 2. The number of halogens is 4. The van der Waals surface area contributed by atoms with Crippen molar-refractivity contribution >= 4 is 49.6 Å². The van der Waals surface area contributed by atoms with Crippen molar-refractivity contribution in [3.8, 4) is 0 Å². The van der Waals surface area contributed by atoms with Gasteiger partial charge < -0.3 is 31.5 Å². The summed E-state index contributed by atoms with van der Waals surface area (Å²) < 4.78 is 0. The molecule has 10 heteroatoms. The lowest BCUT2D eigenvalue weighted by Crippen LogP contribution is -2.32. The van der Waals surface area contributed by atoms with Crippen LogP contribution in [0, 0.1) is 0 Å². The summed E-state index contributed by atoms with van der Waals surface area (Å²) in [4.78, 5) is 0. The van der Waals surface area contributed by atoms with E-state index in [1.165, 1.54) is 0 Å². The van der Waals surface area contributed by atoms with Crippen molar-refractivity contribution in [1.82, 2.24) is 21.3 Å². The van der Waals surface area contributed by atoms with E-state index < -0.39 is 0 Å². The summed E-state index contributed by atoms with van der Waals surface area (Å²) in [6.07, 6.45) is 3.24. The summed E-state index contributed by atoms with van der Waals surface area (Å²) >= 11 is 0. The molecule has 6 N–H and O–H groups in total. The molecule has 0 rings (SSSR count). The molecule has 166 valence electrons. The number of hydrogen-bond donors (Lipinski definition) is 6. The minimum atomic E-state index is -0.260. The smallest absolute Gasteiger partial charge is 0.0676 e. The Morgan fingerprint density at radius 3 is 1.23 bits per heavy atom. The molecule has 0 amide bonds. The highest BCUT2D eigenvalue weighted by molar-refractivity contribution is 5.86. The first-order valence-electron chi connectivity index (χ1n) is 8.89. The Labute approximate surface area is 185 Å². The predicted molar refractivity (Wildman–Crippen MR) is 122 cm³/mol. The molecule has 0 aromatic heterocycles. The Kier molecular flexibility index (Phi) is 44.4. The van der Waals surface area contributed by atoms with Gasteiger partial charge in [0.05, 0.1) is 12.2 Å². The van der Waals surface area contributed by atoms with E-state index in [1.54, 1.807) is 0 Å². The van der Waals surface area contributed by atoms with Crippen LogP contribution in [0.3, 0.4) is 0 Å². The zero-order valence-electron chi connectivity index (χ0n) is 16.2. The Morgan fingerprint density at radius 2 is 0.923 bits per heavy atom. The van der Waals surface area contributed by atoms with Crippen molar-refractivity contribution < 1.29 is 10.2 Å². The van der Waals surface area contributed by atoms with E-state index >= 15 is 0 Å². The topological polar surface area (TPSA) is 88.6 Å². The van der Waals surface area contributed by atoms with Gasteiger partial charge >= 0.3 is 0 Å². The second-order valence-electron chi connectivity index (χ2n) is 5.71. The molecule has 0 spiro atoms. The molecule has 6 nitrogen and oxygen atoms in total. The summed E-state index contributed by atoms with van der Waals surface area (Å²) in [6, 6.07) is 0. The van der Waals surface area contributed by atoms with Gasteiger partial charge in [0.25, 0.3) is 0 Å². The van der Waals surface area contributed by atoms with Crippen LogP contribution < -0.4 is 21.3 Å². The molecular formula is C16H42Cl4N4O2. The molecule has 0 bridgehead atoms. The van der Waals surface area contributed by atoms with Gasteiger partial charge in [-0.3, -0.25) is 0 Å². The number of hydrogen-bond acceptors (Lipinski definition) is 6. The van der Waals surface area contributed by atoms with Crippen LogP contribution in [-0.2, 0) is 0 Å². The highest BCUT2D eigenvalue weighted by Gasteiger charge is 2.03. The van der Waals surface area contributed by atoms with Crippen molar-refractivity contribution in [3.05, 3.63) is 0 Å². The highest BCUT2D eigenvalue weighted by Crippen LogP contribution is 1.91. The molecule has 0 aromatic carbocycles. The maximum Gasteiger partial charge on any atom is 0.0676 e. The van der Waals surface area contributed by atoms with E-state index in [0.29, 0.717) is 13.1 Å². The first-order valence-corrected chi connectivity index (χ1v) is 8.89. The first kappa shape index (κ1) is 37.6. The standard InChI is InChI=1S/C16H38N4O2.4ClH/c1-3-17-11-7-15(21)13-19-9-5-6-10-20-14-16(22)8-12-18-4-2;;;;/h15-22H,3-14H2,1-2H3;4*1H/t15-,16-;;;;/m0..../s1. The summed E-state index contributed by atoms with van der Waals surface area (Å²) in [6.45, 7) is 11.0. The van der Waals surface area contributed by atoms with Crippen LogP contribution in [0.4, 0.5) is 0 Å². The van der Waals surface area contributed by atoms with Crippen LogP contribution in [0.5, 0.6) is 0 Å². The van der Waals surface area contributed by atoms with E-state index in [0.717, 1.165) is 65.0 Å². The van der Waals surface area contributed by atoms with E-state index in [-0.39, 0.29) is 61.8 Å². The molecule has 0 saturated heterocycles. The summed E-state index contributed by atoms with van der Waals surface area (Å²) in [5.41, 5.74) is 0. The molecule has 0 aliphatic carbocycles. The molecule has 0 aromatic rings. The van der Waals surface area contributed by atoms with Crippen LogP contribution in [0.1, 0.15) is 39.5 Å². The van der Waals surface area contributed by atoms with E-state index in [2.05, 4.69) is 35.1 Å². The average Bonchev–Trinajstić information content (AvgIpc) is 2.50. The second kappa shape index (κ2) is 30.6. The number of aliphatic hydroxyl groups excluding tert-OH is 2. The summed E-state index contributed by atoms with van der Waals surface area (Å²) in [5.74, 6) is 0. The van der Waals surface area contributed by atoms with Crippen LogP contribution in [0.25, 0.3) is 0 Å². The Bertz CT molecular complexity index is 214. The Hall–Kier alpha value is 0.920. The van der Waals surface area contributed by atoms with Crippen LogP contribution in [0.2, 0.25) is 0 Å². The van der Waals surface area contributed by atoms with Gasteiger partial charge in [0.15, 0.2) is 0 Å². The lowest BCUT2D eigenvalue weighted by atomic mass is 10.2. The van der Waals surface area contributed by atoms with Gasteiger partial charge in [-0.2, -0.15) is 0 Å². The number of unbranched alkanes of at least 4 members (excludes halogenated alkanes) is 1.